The topological polar surface area (TPSA) is 38.9 Å². The fourth-order valence-electron chi connectivity index (χ4n) is 1.26. The molecule has 1 aromatic heterocycles. The van der Waals surface area contributed by atoms with E-state index in [9.17, 15) is 4.39 Å². The molecule has 0 aliphatic carbocycles. The molecule has 78 valence electrons. The lowest BCUT2D eigenvalue weighted by molar-refractivity contribution is 0.614. The van der Waals surface area contributed by atoms with Crippen LogP contribution in [-0.4, -0.2) is 4.98 Å². The minimum absolute atomic E-state index is 0.309. The predicted octanol–water partition coefficient (Wildman–Crippen LogP) is 3.11. The monoisotopic (exact) mass is 242 g/mol. The van der Waals surface area contributed by atoms with Crippen LogP contribution >= 0.6 is 22.9 Å². The van der Waals surface area contributed by atoms with E-state index in [1.807, 2.05) is 0 Å². The van der Waals surface area contributed by atoms with Crippen molar-refractivity contribution in [1.82, 2.24) is 4.98 Å². The predicted molar refractivity (Wildman–Crippen MR) is 60.7 cm³/mol. The molecular weight excluding hydrogens is 235 g/mol. The summed E-state index contributed by atoms with van der Waals surface area (Å²) in [5.74, 6) is 0.152. The van der Waals surface area contributed by atoms with Crippen molar-refractivity contribution in [1.29, 1.82) is 0 Å². The molecule has 0 radical (unpaired) electrons. The number of nitrogens with zero attached hydrogens (tertiary/aromatic N) is 1. The van der Waals surface area contributed by atoms with E-state index >= 15 is 0 Å². The van der Waals surface area contributed by atoms with E-state index in [0.29, 0.717) is 22.8 Å². The highest BCUT2D eigenvalue weighted by Crippen LogP contribution is 2.24. The van der Waals surface area contributed by atoms with Gasteiger partial charge in [-0.1, -0.05) is 17.7 Å². The first kappa shape index (κ1) is 10.4. The third kappa shape index (κ3) is 2.27. The molecule has 0 aliphatic rings. The van der Waals surface area contributed by atoms with Crippen molar-refractivity contribution in [3.8, 4) is 0 Å². The van der Waals surface area contributed by atoms with Gasteiger partial charge in [0.1, 0.15) is 11.6 Å². The lowest BCUT2D eigenvalue weighted by atomic mass is 10.1. The molecule has 1 aromatic carbocycles. The molecule has 0 saturated heterocycles. The molecule has 0 spiro atoms. The molecule has 0 unspecified atom stereocenters. The Morgan fingerprint density at radius 3 is 2.87 bits per heavy atom. The molecule has 0 aliphatic heterocycles. The third-order valence-corrected chi connectivity index (χ3v) is 3.18. The first-order valence-electron chi connectivity index (χ1n) is 4.29. The quantitative estimate of drug-likeness (QED) is 0.879. The van der Waals surface area contributed by atoms with Crippen LogP contribution in [0.25, 0.3) is 0 Å². The minimum Gasteiger partial charge on any atom is -0.383 e. The third-order valence-electron chi connectivity index (χ3n) is 1.96. The summed E-state index contributed by atoms with van der Waals surface area (Å²) in [6.07, 6.45) is 0.382. The number of thiazole rings is 1. The van der Waals surface area contributed by atoms with Gasteiger partial charge < -0.3 is 5.73 Å². The number of rotatable bonds is 2. The molecular formula is C10H8ClFN2S. The van der Waals surface area contributed by atoms with Crippen LogP contribution in [0.1, 0.15) is 10.6 Å². The summed E-state index contributed by atoms with van der Waals surface area (Å²) < 4.78 is 13.4. The molecule has 0 atom stereocenters. The molecule has 5 heteroatoms. The average molecular weight is 243 g/mol. The molecule has 0 fully saturated rings. The van der Waals surface area contributed by atoms with E-state index in [4.69, 9.17) is 17.3 Å². The van der Waals surface area contributed by atoms with Gasteiger partial charge in [0, 0.05) is 22.4 Å². The number of hydrogen-bond donors (Lipinski definition) is 1. The van der Waals surface area contributed by atoms with Crippen molar-refractivity contribution in [2.75, 3.05) is 5.73 Å². The molecule has 0 amide bonds. The largest absolute Gasteiger partial charge is 0.383 e. The second-order valence-corrected chi connectivity index (χ2v) is 4.39. The van der Waals surface area contributed by atoms with Crippen molar-refractivity contribution < 1.29 is 4.39 Å². The zero-order valence-electron chi connectivity index (χ0n) is 7.71. The highest BCUT2D eigenvalue weighted by molar-refractivity contribution is 7.10. The maximum atomic E-state index is 13.4. The zero-order chi connectivity index (χ0) is 10.8. The van der Waals surface area contributed by atoms with Crippen LogP contribution in [0.3, 0.4) is 0 Å². The van der Waals surface area contributed by atoms with Gasteiger partial charge in [-0.25, -0.2) is 9.37 Å². The summed E-state index contributed by atoms with van der Waals surface area (Å²) in [5, 5.41) is 2.91. The zero-order valence-corrected chi connectivity index (χ0v) is 9.28. The van der Waals surface area contributed by atoms with Crippen molar-refractivity contribution in [3.05, 3.63) is 45.0 Å². The Labute approximate surface area is 95.5 Å². The molecule has 0 saturated carbocycles. The van der Waals surface area contributed by atoms with Crippen molar-refractivity contribution in [2.24, 2.45) is 0 Å². The normalized spacial score (nSPS) is 10.5. The van der Waals surface area contributed by atoms with Crippen LogP contribution < -0.4 is 5.73 Å². The molecule has 15 heavy (non-hydrogen) atoms. The Morgan fingerprint density at radius 1 is 1.47 bits per heavy atom. The first-order chi connectivity index (χ1) is 7.16. The van der Waals surface area contributed by atoms with Crippen molar-refractivity contribution in [3.63, 3.8) is 0 Å². The van der Waals surface area contributed by atoms with Gasteiger partial charge in [0.2, 0.25) is 0 Å². The van der Waals surface area contributed by atoms with E-state index < -0.39 is 0 Å². The molecule has 2 aromatic rings. The Hall–Kier alpha value is -1.13. The maximum Gasteiger partial charge on any atom is 0.134 e. The standard InChI is InChI=1S/C10H8ClFN2S/c11-7-2-1-3-8(12)6(7)4-10-14-9(13)5-15-10/h1-3,5H,4,13H2. The van der Waals surface area contributed by atoms with Gasteiger partial charge in [-0.15, -0.1) is 11.3 Å². The number of benzene rings is 1. The molecule has 2 nitrogen and oxygen atoms in total. The maximum absolute atomic E-state index is 13.4. The van der Waals surface area contributed by atoms with Crippen molar-refractivity contribution in [2.45, 2.75) is 6.42 Å². The minimum atomic E-state index is -0.309. The van der Waals surface area contributed by atoms with E-state index in [-0.39, 0.29) is 5.82 Å². The summed E-state index contributed by atoms with van der Waals surface area (Å²) in [6.45, 7) is 0. The molecule has 0 bridgehead atoms. The van der Waals surface area contributed by atoms with E-state index in [1.54, 1.807) is 17.5 Å². The van der Waals surface area contributed by atoms with Gasteiger partial charge in [-0.3, -0.25) is 0 Å². The fraction of sp³-hybridized carbons (Fsp3) is 0.100. The van der Waals surface area contributed by atoms with Crippen molar-refractivity contribution >= 4 is 28.8 Å². The summed E-state index contributed by atoms with van der Waals surface area (Å²) in [7, 11) is 0. The number of hydrogen-bond acceptors (Lipinski definition) is 3. The average Bonchev–Trinajstić information content (AvgIpc) is 2.58. The Morgan fingerprint density at radius 2 is 2.27 bits per heavy atom. The number of nitrogens with two attached hydrogens (primary N) is 1. The number of anilines is 1. The molecule has 1 heterocycles. The van der Waals surface area contributed by atoms with Gasteiger partial charge in [-0.05, 0) is 12.1 Å². The highest BCUT2D eigenvalue weighted by Gasteiger charge is 2.09. The Balaban J connectivity index is 2.31. The fourth-order valence-corrected chi connectivity index (χ4v) is 2.18. The van der Waals surface area contributed by atoms with E-state index in [2.05, 4.69) is 4.98 Å². The Kier molecular flexibility index (Phi) is 2.88. The number of aromatic nitrogens is 1. The van der Waals surface area contributed by atoms with E-state index in [0.717, 1.165) is 5.01 Å². The molecule has 2 N–H and O–H groups in total. The summed E-state index contributed by atoms with van der Waals surface area (Å²) in [4.78, 5) is 4.06. The second kappa shape index (κ2) is 4.16. The summed E-state index contributed by atoms with van der Waals surface area (Å²) in [6, 6.07) is 4.63. The van der Waals surface area contributed by atoms with E-state index in [1.165, 1.54) is 17.4 Å². The van der Waals surface area contributed by atoms with Crippen LogP contribution in [-0.2, 0) is 6.42 Å². The van der Waals surface area contributed by atoms with Crippen LogP contribution in [0.5, 0.6) is 0 Å². The second-order valence-electron chi connectivity index (χ2n) is 3.04. The Bertz CT molecular complexity index is 464. The highest BCUT2D eigenvalue weighted by atomic mass is 35.5. The summed E-state index contributed by atoms with van der Waals surface area (Å²) >= 11 is 7.29. The van der Waals surface area contributed by atoms with Gasteiger partial charge in [0.05, 0.1) is 5.01 Å². The van der Waals surface area contributed by atoms with Crippen LogP contribution in [0.15, 0.2) is 23.6 Å². The number of halogens is 2. The first-order valence-corrected chi connectivity index (χ1v) is 5.55. The van der Waals surface area contributed by atoms with Crippen LogP contribution in [0.4, 0.5) is 10.2 Å². The van der Waals surface area contributed by atoms with Gasteiger partial charge in [0.25, 0.3) is 0 Å². The van der Waals surface area contributed by atoms with Crippen LogP contribution in [0, 0.1) is 5.82 Å². The molecule has 2 rings (SSSR count). The SMILES string of the molecule is Nc1csc(Cc2c(F)cccc2Cl)n1. The number of nitrogen functional groups attached to an aromatic ring is 1. The van der Waals surface area contributed by atoms with Gasteiger partial charge in [0.15, 0.2) is 0 Å². The van der Waals surface area contributed by atoms with Gasteiger partial charge >= 0.3 is 0 Å². The van der Waals surface area contributed by atoms with Crippen LogP contribution in [0.2, 0.25) is 5.02 Å². The lowest BCUT2D eigenvalue weighted by Gasteiger charge is -2.02. The smallest absolute Gasteiger partial charge is 0.134 e. The summed E-state index contributed by atoms with van der Waals surface area (Å²) in [5.41, 5.74) is 5.95. The lowest BCUT2D eigenvalue weighted by Crippen LogP contribution is -1.94. The van der Waals surface area contributed by atoms with Gasteiger partial charge in [-0.2, -0.15) is 0 Å².